The number of amides is 1. The van der Waals surface area contributed by atoms with Crippen LogP contribution in [0.15, 0.2) is 24.3 Å². The summed E-state index contributed by atoms with van der Waals surface area (Å²) in [7, 11) is 1.63. The van der Waals surface area contributed by atoms with Crippen molar-refractivity contribution in [1.29, 1.82) is 0 Å². The fourth-order valence-corrected chi connectivity index (χ4v) is 1.65. The zero-order valence-electron chi connectivity index (χ0n) is 12.8. The van der Waals surface area contributed by atoms with E-state index >= 15 is 0 Å². The molecule has 120 valence electrons. The fourth-order valence-electron chi connectivity index (χ4n) is 1.65. The molecular weight excluding hydrogens is 292 g/mol. The van der Waals surface area contributed by atoms with Gasteiger partial charge in [-0.3, -0.25) is 4.79 Å². The molecule has 1 aromatic carbocycles. The minimum atomic E-state index is -0.0412. The largest absolute Gasteiger partial charge is 0.491 e. The zero-order chi connectivity index (χ0) is 14.8. The normalized spacial score (nSPS) is 10.1. The van der Waals surface area contributed by atoms with Crippen LogP contribution in [0.2, 0.25) is 0 Å². The molecule has 0 unspecified atom stereocenters. The molecule has 0 fully saturated rings. The van der Waals surface area contributed by atoms with E-state index in [9.17, 15) is 4.79 Å². The summed E-state index contributed by atoms with van der Waals surface area (Å²) in [6, 6.07) is 7.73. The Labute approximate surface area is 132 Å². The molecule has 0 radical (unpaired) electrons. The van der Waals surface area contributed by atoms with E-state index in [0.29, 0.717) is 19.7 Å². The third kappa shape index (κ3) is 8.55. The molecule has 0 spiro atoms. The summed E-state index contributed by atoms with van der Waals surface area (Å²) in [5.41, 5.74) is 0.978. The fraction of sp³-hybridized carbons (Fsp3) is 0.533. The van der Waals surface area contributed by atoms with Crippen molar-refractivity contribution in [1.82, 2.24) is 10.6 Å². The van der Waals surface area contributed by atoms with Crippen LogP contribution in [0, 0.1) is 0 Å². The summed E-state index contributed by atoms with van der Waals surface area (Å²) in [5, 5.41) is 5.87. The number of rotatable bonds is 9. The van der Waals surface area contributed by atoms with Gasteiger partial charge in [0.15, 0.2) is 0 Å². The molecule has 2 N–H and O–H groups in total. The predicted molar refractivity (Wildman–Crippen MR) is 86.0 cm³/mol. The van der Waals surface area contributed by atoms with E-state index in [4.69, 9.17) is 9.47 Å². The lowest BCUT2D eigenvalue weighted by molar-refractivity contribution is -0.120. The van der Waals surface area contributed by atoms with Crippen molar-refractivity contribution in [2.24, 2.45) is 0 Å². The van der Waals surface area contributed by atoms with Gasteiger partial charge in [-0.2, -0.15) is 0 Å². The molecule has 0 heterocycles. The molecule has 0 aliphatic rings. The number of carbonyl (C=O) groups excluding carboxylic acids is 1. The Hall–Kier alpha value is -1.30. The number of nitrogens with one attached hydrogen (secondary N) is 2. The van der Waals surface area contributed by atoms with Crippen LogP contribution < -0.4 is 15.4 Å². The molecule has 21 heavy (non-hydrogen) atoms. The molecule has 0 aromatic heterocycles. The van der Waals surface area contributed by atoms with E-state index in [1.807, 2.05) is 38.1 Å². The third-order valence-corrected chi connectivity index (χ3v) is 2.58. The lowest BCUT2D eigenvalue weighted by atomic mass is 10.2. The van der Waals surface area contributed by atoms with E-state index in [1.54, 1.807) is 7.11 Å². The van der Waals surface area contributed by atoms with Crippen molar-refractivity contribution >= 4 is 18.3 Å². The first kappa shape index (κ1) is 19.7. The van der Waals surface area contributed by atoms with Crippen LogP contribution in [0.4, 0.5) is 0 Å². The van der Waals surface area contributed by atoms with Gasteiger partial charge in [-0.05, 0) is 19.9 Å². The molecule has 0 aliphatic carbocycles. The van der Waals surface area contributed by atoms with Gasteiger partial charge in [0.25, 0.3) is 0 Å². The Bertz CT molecular complexity index is 414. The molecule has 1 amide bonds. The van der Waals surface area contributed by atoms with E-state index in [-0.39, 0.29) is 31.0 Å². The van der Waals surface area contributed by atoms with Gasteiger partial charge in [-0.1, -0.05) is 18.2 Å². The second-order valence-corrected chi connectivity index (χ2v) is 4.72. The Morgan fingerprint density at radius 3 is 2.67 bits per heavy atom. The second kappa shape index (κ2) is 11.4. The lowest BCUT2D eigenvalue weighted by Gasteiger charge is -2.14. The van der Waals surface area contributed by atoms with Gasteiger partial charge >= 0.3 is 0 Å². The van der Waals surface area contributed by atoms with Crippen LogP contribution in [0.5, 0.6) is 5.75 Å². The van der Waals surface area contributed by atoms with Gasteiger partial charge in [0.2, 0.25) is 5.91 Å². The maximum atomic E-state index is 11.7. The molecule has 0 atom stereocenters. The Morgan fingerprint density at radius 1 is 1.29 bits per heavy atom. The molecule has 0 saturated heterocycles. The number of ether oxygens (including phenoxy) is 2. The summed E-state index contributed by atoms with van der Waals surface area (Å²) >= 11 is 0. The first-order valence-electron chi connectivity index (χ1n) is 6.84. The van der Waals surface area contributed by atoms with Gasteiger partial charge in [0, 0.05) is 25.8 Å². The van der Waals surface area contributed by atoms with Crippen LogP contribution in [-0.4, -0.2) is 38.8 Å². The SMILES string of the molecule is COCCNCC(=O)NCc1ccccc1OC(C)C.Cl. The van der Waals surface area contributed by atoms with Gasteiger partial charge in [-0.15, -0.1) is 12.4 Å². The first-order valence-corrected chi connectivity index (χ1v) is 6.84. The molecule has 0 bridgehead atoms. The molecule has 1 aromatic rings. The molecule has 0 saturated carbocycles. The van der Waals surface area contributed by atoms with E-state index in [0.717, 1.165) is 11.3 Å². The van der Waals surface area contributed by atoms with E-state index in [1.165, 1.54) is 0 Å². The Balaban J connectivity index is 0.00000400. The summed E-state index contributed by atoms with van der Waals surface area (Å²) in [6.07, 6.45) is 0.113. The van der Waals surface area contributed by atoms with Crippen molar-refractivity contribution in [2.45, 2.75) is 26.5 Å². The van der Waals surface area contributed by atoms with Crippen LogP contribution in [0.25, 0.3) is 0 Å². The minimum absolute atomic E-state index is 0. The highest BCUT2D eigenvalue weighted by molar-refractivity contribution is 5.85. The number of hydrogen-bond acceptors (Lipinski definition) is 4. The van der Waals surface area contributed by atoms with Gasteiger partial charge in [-0.25, -0.2) is 0 Å². The number of halogens is 1. The topological polar surface area (TPSA) is 59.6 Å². The predicted octanol–water partition coefficient (Wildman–Crippen LogP) is 1.75. The molecular formula is C15H25ClN2O3. The average molecular weight is 317 g/mol. The smallest absolute Gasteiger partial charge is 0.234 e. The number of carbonyl (C=O) groups is 1. The Morgan fingerprint density at radius 2 is 2.00 bits per heavy atom. The number of para-hydroxylation sites is 1. The van der Waals surface area contributed by atoms with Gasteiger partial charge in [0.1, 0.15) is 5.75 Å². The summed E-state index contributed by atoms with van der Waals surface area (Å²) in [5.74, 6) is 0.774. The van der Waals surface area contributed by atoms with Gasteiger partial charge < -0.3 is 20.1 Å². The van der Waals surface area contributed by atoms with Crippen molar-refractivity contribution in [3.63, 3.8) is 0 Å². The molecule has 1 rings (SSSR count). The summed E-state index contributed by atoms with van der Waals surface area (Å²) in [4.78, 5) is 11.7. The van der Waals surface area contributed by atoms with E-state index < -0.39 is 0 Å². The highest BCUT2D eigenvalue weighted by Gasteiger charge is 2.06. The lowest BCUT2D eigenvalue weighted by Crippen LogP contribution is -2.34. The van der Waals surface area contributed by atoms with Crippen molar-refractivity contribution in [3.8, 4) is 5.75 Å². The highest BCUT2D eigenvalue weighted by Crippen LogP contribution is 2.18. The number of hydrogen-bond donors (Lipinski definition) is 2. The standard InChI is InChI=1S/C15H24N2O3.ClH/c1-12(2)20-14-7-5-4-6-13(14)10-17-15(18)11-16-8-9-19-3;/h4-7,12,16H,8-11H2,1-3H3,(H,17,18);1H. The van der Waals surface area contributed by atoms with Crippen molar-refractivity contribution in [2.75, 3.05) is 26.8 Å². The summed E-state index contributed by atoms with van der Waals surface area (Å²) in [6.45, 7) is 5.98. The maximum Gasteiger partial charge on any atom is 0.234 e. The molecule has 5 nitrogen and oxygen atoms in total. The number of methoxy groups -OCH3 is 1. The highest BCUT2D eigenvalue weighted by atomic mass is 35.5. The van der Waals surface area contributed by atoms with E-state index in [2.05, 4.69) is 10.6 Å². The van der Waals surface area contributed by atoms with Crippen LogP contribution in [0.3, 0.4) is 0 Å². The minimum Gasteiger partial charge on any atom is -0.491 e. The van der Waals surface area contributed by atoms with Crippen LogP contribution >= 0.6 is 12.4 Å². The molecule has 0 aliphatic heterocycles. The average Bonchev–Trinajstić information content (AvgIpc) is 2.42. The molecule has 6 heteroatoms. The van der Waals surface area contributed by atoms with Crippen molar-refractivity contribution in [3.05, 3.63) is 29.8 Å². The van der Waals surface area contributed by atoms with Crippen LogP contribution in [0.1, 0.15) is 19.4 Å². The third-order valence-electron chi connectivity index (χ3n) is 2.58. The zero-order valence-corrected chi connectivity index (χ0v) is 13.7. The van der Waals surface area contributed by atoms with Crippen molar-refractivity contribution < 1.29 is 14.3 Å². The van der Waals surface area contributed by atoms with Crippen LogP contribution in [-0.2, 0) is 16.1 Å². The quantitative estimate of drug-likeness (QED) is 0.681. The number of benzene rings is 1. The maximum absolute atomic E-state index is 11.7. The first-order chi connectivity index (χ1) is 9.63. The summed E-state index contributed by atoms with van der Waals surface area (Å²) < 4.78 is 10.6. The second-order valence-electron chi connectivity index (χ2n) is 4.72. The van der Waals surface area contributed by atoms with Gasteiger partial charge in [0.05, 0.1) is 19.3 Å². The monoisotopic (exact) mass is 316 g/mol. The Kier molecular flexibility index (Phi) is 10.7.